The monoisotopic (exact) mass is 412 g/mol. The summed E-state index contributed by atoms with van der Waals surface area (Å²) in [4.78, 5) is 30.3. The fraction of sp³-hybridized carbons (Fsp3) is 0.571. The number of imide groups is 1. The first kappa shape index (κ1) is 19.5. The van der Waals surface area contributed by atoms with Gasteiger partial charge in [0.05, 0.1) is 24.0 Å². The molecule has 3 fully saturated rings. The summed E-state index contributed by atoms with van der Waals surface area (Å²) in [6.07, 6.45) is 5.13. The molecule has 3 saturated heterocycles. The number of aromatic nitrogens is 2. The van der Waals surface area contributed by atoms with Crippen LogP contribution in [0.4, 0.5) is 10.5 Å². The van der Waals surface area contributed by atoms with Crippen LogP contribution in [0.25, 0.3) is 5.52 Å². The molecule has 0 spiro atoms. The fourth-order valence-corrected chi connectivity index (χ4v) is 4.59. The fourth-order valence-electron chi connectivity index (χ4n) is 4.59. The summed E-state index contributed by atoms with van der Waals surface area (Å²) in [6.45, 7) is 8.55. The minimum atomic E-state index is -0.379. The Balaban J connectivity index is 1.23. The minimum absolute atomic E-state index is 0.229. The summed E-state index contributed by atoms with van der Waals surface area (Å²) in [7, 11) is 0. The summed E-state index contributed by atoms with van der Waals surface area (Å²) < 4.78 is 7.29. The number of piperazine rings is 1. The normalized spacial score (nSPS) is 24.0. The van der Waals surface area contributed by atoms with Crippen LogP contribution < -0.4 is 10.2 Å². The predicted octanol–water partition coefficient (Wildman–Crippen LogP) is 0.935. The van der Waals surface area contributed by atoms with Crippen LogP contribution in [0.5, 0.6) is 0 Å². The highest BCUT2D eigenvalue weighted by molar-refractivity contribution is 6.07. The number of rotatable bonds is 5. The van der Waals surface area contributed by atoms with E-state index >= 15 is 0 Å². The molecule has 1 N–H and O–H groups in total. The van der Waals surface area contributed by atoms with E-state index in [1.165, 1.54) is 12.0 Å². The zero-order valence-electron chi connectivity index (χ0n) is 17.1. The summed E-state index contributed by atoms with van der Waals surface area (Å²) in [5, 5.41) is 6.76. The number of ether oxygens (including phenoxy) is 1. The second kappa shape index (κ2) is 8.33. The predicted molar refractivity (Wildman–Crippen MR) is 111 cm³/mol. The third-order valence-electron chi connectivity index (χ3n) is 6.32. The highest BCUT2D eigenvalue weighted by Gasteiger charge is 2.27. The van der Waals surface area contributed by atoms with Crippen LogP contribution in [0.15, 0.2) is 24.5 Å². The largest absolute Gasteiger partial charge is 0.381 e. The molecule has 0 aromatic carbocycles. The SMILES string of the molecule is O=C1CCN(c2cnn3ccc(CN4CCN(CC5CCOC5)CC4)cc23)C(=O)N1. The quantitative estimate of drug-likeness (QED) is 0.787. The summed E-state index contributed by atoms with van der Waals surface area (Å²) in [5.41, 5.74) is 2.83. The molecule has 0 radical (unpaired) electrons. The van der Waals surface area contributed by atoms with E-state index in [-0.39, 0.29) is 11.9 Å². The number of anilines is 1. The second-order valence-corrected chi connectivity index (χ2v) is 8.46. The molecule has 3 aliphatic rings. The van der Waals surface area contributed by atoms with E-state index in [0.717, 1.165) is 63.7 Å². The van der Waals surface area contributed by atoms with Gasteiger partial charge in [-0.2, -0.15) is 5.10 Å². The van der Waals surface area contributed by atoms with E-state index in [0.29, 0.717) is 18.9 Å². The van der Waals surface area contributed by atoms with Gasteiger partial charge in [-0.1, -0.05) is 0 Å². The standard InChI is InChI=1S/C21H28N6O3/c28-20-2-4-26(21(29)23-20)19-12-22-27-5-1-16(11-18(19)27)13-24-6-8-25(9-7-24)14-17-3-10-30-15-17/h1,5,11-12,17H,2-4,6-10,13-15H2,(H,23,28,29). The van der Waals surface area contributed by atoms with Crippen molar-refractivity contribution in [2.75, 3.05) is 57.4 Å². The Kier molecular flexibility index (Phi) is 5.41. The lowest BCUT2D eigenvalue weighted by molar-refractivity contribution is -0.120. The number of hydrogen-bond acceptors (Lipinski definition) is 6. The molecule has 3 amide bonds. The van der Waals surface area contributed by atoms with Gasteiger partial charge >= 0.3 is 6.03 Å². The van der Waals surface area contributed by atoms with Crippen molar-refractivity contribution in [1.29, 1.82) is 0 Å². The van der Waals surface area contributed by atoms with Gasteiger partial charge in [0.15, 0.2) is 0 Å². The first-order valence-corrected chi connectivity index (χ1v) is 10.8. The van der Waals surface area contributed by atoms with E-state index < -0.39 is 0 Å². The number of fused-ring (bicyclic) bond motifs is 1. The molecule has 0 bridgehead atoms. The van der Waals surface area contributed by atoms with Gasteiger partial charge in [-0.3, -0.25) is 19.9 Å². The van der Waals surface area contributed by atoms with Crippen molar-refractivity contribution in [1.82, 2.24) is 24.7 Å². The zero-order chi connectivity index (χ0) is 20.5. The van der Waals surface area contributed by atoms with Crippen molar-refractivity contribution in [2.24, 2.45) is 5.92 Å². The van der Waals surface area contributed by atoms with Crippen LogP contribution >= 0.6 is 0 Å². The van der Waals surface area contributed by atoms with E-state index in [2.05, 4.69) is 32.3 Å². The molecule has 0 aliphatic carbocycles. The Hall–Kier alpha value is -2.49. The maximum absolute atomic E-state index is 12.2. The maximum Gasteiger partial charge on any atom is 0.328 e. The number of nitrogens with one attached hydrogen (secondary N) is 1. The first-order chi connectivity index (χ1) is 14.7. The first-order valence-electron chi connectivity index (χ1n) is 10.8. The summed E-state index contributed by atoms with van der Waals surface area (Å²) in [6, 6.07) is 3.82. The lowest BCUT2D eigenvalue weighted by atomic mass is 10.1. The highest BCUT2D eigenvalue weighted by Crippen LogP contribution is 2.25. The lowest BCUT2D eigenvalue weighted by Crippen LogP contribution is -2.49. The average Bonchev–Trinajstić information content (AvgIpc) is 3.39. The van der Waals surface area contributed by atoms with Gasteiger partial charge in [-0.15, -0.1) is 0 Å². The van der Waals surface area contributed by atoms with Crippen molar-refractivity contribution in [3.63, 3.8) is 0 Å². The molecular formula is C21H28N6O3. The third-order valence-corrected chi connectivity index (χ3v) is 6.32. The molecule has 1 atom stereocenters. The van der Waals surface area contributed by atoms with E-state index in [9.17, 15) is 9.59 Å². The smallest absolute Gasteiger partial charge is 0.328 e. The van der Waals surface area contributed by atoms with Crippen molar-refractivity contribution >= 4 is 23.1 Å². The Morgan fingerprint density at radius 3 is 2.73 bits per heavy atom. The van der Waals surface area contributed by atoms with Gasteiger partial charge in [0.2, 0.25) is 5.91 Å². The number of urea groups is 1. The molecule has 9 nitrogen and oxygen atoms in total. The van der Waals surface area contributed by atoms with E-state index in [1.807, 2.05) is 6.20 Å². The number of carbonyl (C=O) groups excluding carboxylic acids is 2. The van der Waals surface area contributed by atoms with Crippen molar-refractivity contribution < 1.29 is 14.3 Å². The van der Waals surface area contributed by atoms with Gasteiger partial charge in [0, 0.05) is 65.0 Å². The number of amides is 3. The Morgan fingerprint density at radius 1 is 1.13 bits per heavy atom. The van der Waals surface area contributed by atoms with Gasteiger partial charge in [0.1, 0.15) is 0 Å². The number of hydrogen-bond donors (Lipinski definition) is 1. The second-order valence-electron chi connectivity index (χ2n) is 8.46. The molecule has 5 heterocycles. The molecule has 1 unspecified atom stereocenters. The average molecular weight is 412 g/mol. The topological polar surface area (TPSA) is 82.4 Å². The van der Waals surface area contributed by atoms with Crippen LogP contribution in [0.1, 0.15) is 18.4 Å². The lowest BCUT2D eigenvalue weighted by Gasteiger charge is -2.35. The van der Waals surface area contributed by atoms with E-state index in [4.69, 9.17) is 4.74 Å². The van der Waals surface area contributed by atoms with Crippen molar-refractivity contribution in [3.05, 3.63) is 30.1 Å². The van der Waals surface area contributed by atoms with Crippen LogP contribution in [-0.4, -0.2) is 83.8 Å². The van der Waals surface area contributed by atoms with Gasteiger partial charge < -0.3 is 9.64 Å². The molecule has 2 aromatic rings. The zero-order valence-corrected chi connectivity index (χ0v) is 17.1. The molecule has 5 rings (SSSR count). The Bertz CT molecular complexity index is 930. The molecule has 0 saturated carbocycles. The van der Waals surface area contributed by atoms with Crippen LogP contribution in [0.2, 0.25) is 0 Å². The number of pyridine rings is 1. The third kappa shape index (κ3) is 4.05. The molecule has 9 heteroatoms. The van der Waals surface area contributed by atoms with Gasteiger partial charge in [-0.05, 0) is 30.0 Å². The summed E-state index contributed by atoms with van der Waals surface area (Å²) >= 11 is 0. The van der Waals surface area contributed by atoms with Crippen LogP contribution in [-0.2, 0) is 16.1 Å². The van der Waals surface area contributed by atoms with Crippen LogP contribution in [0, 0.1) is 5.92 Å². The van der Waals surface area contributed by atoms with Crippen molar-refractivity contribution in [2.45, 2.75) is 19.4 Å². The summed E-state index contributed by atoms with van der Waals surface area (Å²) in [5.74, 6) is 0.467. The minimum Gasteiger partial charge on any atom is -0.381 e. The Labute approximate surface area is 175 Å². The highest BCUT2D eigenvalue weighted by atomic mass is 16.5. The molecular weight excluding hydrogens is 384 g/mol. The van der Waals surface area contributed by atoms with Gasteiger partial charge in [-0.25, -0.2) is 9.31 Å². The number of nitrogens with zero attached hydrogens (tertiary/aromatic N) is 5. The van der Waals surface area contributed by atoms with Crippen molar-refractivity contribution in [3.8, 4) is 0 Å². The molecule has 2 aromatic heterocycles. The molecule has 3 aliphatic heterocycles. The number of carbonyl (C=O) groups is 2. The van der Waals surface area contributed by atoms with E-state index in [1.54, 1.807) is 15.6 Å². The maximum atomic E-state index is 12.2. The molecule has 30 heavy (non-hydrogen) atoms. The Morgan fingerprint density at radius 2 is 1.97 bits per heavy atom. The molecule has 160 valence electrons. The van der Waals surface area contributed by atoms with Crippen LogP contribution in [0.3, 0.4) is 0 Å². The van der Waals surface area contributed by atoms with Gasteiger partial charge in [0.25, 0.3) is 0 Å².